The van der Waals surface area contributed by atoms with Gasteiger partial charge in [-0.2, -0.15) is 4.37 Å². The predicted molar refractivity (Wildman–Crippen MR) is 69.0 cm³/mol. The van der Waals surface area contributed by atoms with E-state index >= 15 is 0 Å². The summed E-state index contributed by atoms with van der Waals surface area (Å²) in [6.07, 6.45) is 1.41. The summed E-state index contributed by atoms with van der Waals surface area (Å²) in [5, 5.41) is 3.19. The normalized spacial score (nSPS) is 9.94. The average molecular weight is 245 g/mol. The molecule has 86 valence electrons. The smallest absolute Gasteiger partial charge is 0.258 e. The van der Waals surface area contributed by atoms with Gasteiger partial charge in [0, 0.05) is 17.1 Å². The highest BCUT2D eigenvalue weighted by Gasteiger charge is 2.12. The van der Waals surface area contributed by atoms with Crippen molar-refractivity contribution in [3.05, 3.63) is 48.3 Å². The molecule has 0 saturated heterocycles. The van der Waals surface area contributed by atoms with Crippen molar-refractivity contribution in [1.29, 1.82) is 0 Å². The minimum atomic E-state index is -0.194. The molecule has 4 nitrogen and oxygen atoms in total. The molecule has 0 atom stereocenters. The summed E-state index contributed by atoms with van der Waals surface area (Å²) >= 11 is 1.14. The molecule has 2 rings (SSSR count). The lowest BCUT2D eigenvalue weighted by Gasteiger charge is -2.07. The van der Waals surface area contributed by atoms with Gasteiger partial charge in [-0.15, -0.1) is 0 Å². The SMILES string of the molecule is C=C(C)c1ccccc1C(=O)Nc1ncns1. The number of aromatic nitrogens is 2. The highest BCUT2D eigenvalue weighted by Crippen LogP contribution is 2.18. The number of amides is 1. The van der Waals surface area contributed by atoms with Crippen molar-refractivity contribution in [3.8, 4) is 0 Å². The molecule has 1 amide bonds. The Labute approximate surface area is 103 Å². The van der Waals surface area contributed by atoms with Crippen LogP contribution in [0.4, 0.5) is 5.13 Å². The first-order chi connectivity index (χ1) is 8.18. The highest BCUT2D eigenvalue weighted by molar-refractivity contribution is 7.09. The molecule has 1 N–H and O–H groups in total. The van der Waals surface area contributed by atoms with Gasteiger partial charge in [-0.1, -0.05) is 30.4 Å². The van der Waals surface area contributed by atoms with Crippen LogP contribution in [0.15, 0.2) is 37.2 Å². The number of nitrogens with zero attached hydrogens (tertiary/aromatic N) is 2. The number of hydrogen-bond acceptors (Lipinski definition) is 4. The number of rotatable bonds is 3. The molecule has 5 heteroatoms. The lowest BCUT2D eigenvalue weighted by Crippen LogP contribution is -2.13. The van der Waals surface area contributed by atoms with Crippen molar-refractivity contribution < 1.29 is 4.79 Å². The molecule has 2 aromatic rings. The van der Waals surface area contributed by atoms with E-state index in [1.54, 1.807) is 6.07 Å². The second-order valence-corrected chi connectivity index (χ2v) is 4.31. The van der Waals surface area contributed by atoms with Crippen LogP contribution < -0.4 is 5.32 Å². The van der Waals surface area contributed by atoms with Gasteiger partial charge >= 0.3 is 0 Å². The summed E-state index contributed by atoms with van der Waals surface area (Å²) < 4.78 is 3.82. The zero-order chi connectivity index (χ0) is 12.3. The molecule has 0 aliphatic rings. The molecule has 0 unspecified atom stereocenters. The topological polar surface area (TPSA) is 54.9 Å². The molecule has 0 saturated carbocycles. The Balaban J connectivity index is 2.28. The molecule has 0 spiro atoms. The number of benzene rings is 1. The Morgan fingerprint density at radius 2 is 2.06 bits per heavy atom. The van der Waals surface area contributed by atoms with E-state index in [2.05, 4.69) is 21.3 Å². The van der Waals surface area contributed by atoms with Gasteiger partial charge in [0.15, 0.2) is 0 Å². The zero-order valence-electron chi connectivity index (χ0n) is 9.30. The average Bonchev–Trinajstić information content (AvgIpc) is 2.81. The van der Waals surface area contributed by atoms with Crippen LogP contribution in [0.25, 0.3) is 5.57 Å². The van der Waals surface area contributed by atoms with Crippen LogP contribution in [0.2, 0.25) is 0 Å². The third-order valence-corrected chi connectivity index (χ3v) is 2.79. The minimum absolute atomic E-state index is 0.194. The maximum absolute atomic E-state index is 12.0. The predicted octanol–water partition coefficient (Wildman–Crippen LogP) is 2.82. The van der Waals surface area contributed by atoms with Crippen molar-refractivity contribution in [1.82, 2.24) is 9.36 Å². The van der Waals surface area contributed by atoms with Gasteiger partial charge in [0.25, 0.3) is 5.91 Å². The van der Waals surface area contributed by atoms with Gasteiger partial charge in [0.1, 0.15) is 6.33 Å². The molecule has 1 aromatic carbocycles. The standard InChI is InChI=1S/C12H11N3OS/c1-8(2)9-5-3-4-6-10(9)11(16)15-12-13-7-14-17-12/h3-7H,1H2,2H3,(H,13,14,15,16). The van der Waals surface area contributed by atoms with E-state index in [0.29, 0.717) is 10.7 Å². The van der Waals surface area contributed by atoms with Crippen molar-refractivity contribution in [2.75, 3.05) is 5.32 Å². The van der Waals surface area contributed by atoms with E-state index in [0.717, 1.165) is 22.7 Å². The first-order valence-electron chi connectivity index (χ1n) is 5.01. The fourth-order valence-electron chi connectivity index (χ4n) is 1.45. The lowest BCUT2D eigenvalue weighted by atomic mass is 10.0. The number of anilines is 1. The van der Waals surface area contributed by atoms with E-state index in [9.17, 15) is 4.79 Å². The molecule has 1 heterocycles. The largest absolute Gasteiger partial charge is 0.297 e. The van der Waals surface area contributed by atoms with Crippen LogP contribution >= 0.6 is 11.5 Å². The Bertz CT molecular complexity index is 549. The van der Waals surface area contributed by atoms with Crippen molar-refractivity contribution >= 4 is 28.1 Å². The Morgan fingerprint density at radius 1 is 1.35 bits per heavy atom. The zero-order valence-corrected chi connectivity index (χ0v) is 10.1. The van der Waals surface area contributed by atoms with E-state index in [-0.39, 0.29) is 5.91 Å². The third-order valence-electron chi connectivity index (χ3n) is 2.21. The molecule has 1 aromatic heterocycles. The van der Waals surface area contributed by atoms with Gasteiger partial charge in [-0.25, -0.2) is 4.98 Å². The van der Waals surface area contributed by atoms with Crippen molar-refractivity contribution in [2.24, 2.45) is 0 Å². The third kappa shape index (κ3) is 2.57. The van der Waals surface area contributed by atoms with Crippen molar-refractivity contribution in [3.63, 3.8) is 0 Å². The molecule has 0 bridgehead atoms. The first-order valence-corrected chi connectivity index (χ1v) is 5.79. The molecule has 0 radical (unpaired) electrons. The van der Waals surface area contributed by atoms with E-state index < -0.39 is 0 Å². The van der Waals surface area contributed by atoms with Crippen LogP contribution in [0.1, 0.15) is 22.8 Å². The summed E-state index contributed by atoms with van der Waals surface area (Å²) in [7, 11) is 0. The maximum Gasteiger partial charge on any atom is 0.258 e. The lowest BCUT2D eigenvalue weighted by molar-refractivity contribution is 0.102. The highest BCUT2D eigenvalue weighted by atomic mass is 32.1. The molecular weight excluding hydrogens is 234 g/mol. The second kappa shape index (κ2) is 4.88. The Kier molecular flexibility index (Phi) is 3.30. The minimum Gasteiger partial charge on any atom is -0.297 e. The quantitative estimate of drug-likeness (QED) is 0.904. The van der Waals surface area contributed by atoms with Crippen LogP contribution in [-0.4, -0.2) is 15.3 Å². The summed E-state index contributed by atoms with van der Waals surface area (Å²) in [5.41, 5.74) is 2.29. The Morgan fingerprint density at radius 3 is 2.65 bits per heavy atom. The van der Waals surface area contributed by atoms with E-state index in [4.69, 9.17) is 0 Å². The number of hydrogen-bond donors (Lipinski definition) is 1. The van der Waals surface area contributed by atoms with Gasteiger partial charge in [0.2, 0.25) is 5.13 Å². The number of allylic oxidation sites excluding steroid dienone is 1. The van der Waals surface area contributed by atoms with E-state index in [1.165, 1.54) is 6.33 Å². The fraction of sp³-hybridized carbons (Fsp3) is 0.0833. The van der Waals surface area contributed by atoms with E-state index in [1.807, 2.05) is 25.1 Å². The van der Waals surface area contributed by atoms with Crippen LogP contribution in [0.5, 0.6) is 0 Å². The van der Waals surface area contributed by atoms with Crippen LogP contribution in [0.3, 0.4) is 0 Å². The molecular formula is C12H11N3OS. The van der Waals surface area contributed by atoms with Gasteiger partial charge in [-0.05, 0) is 18.6 Å². The van der Waals surface area contributed by atoms with Crippen LogP contribution in [-0.2, 0) is 0 Å². The van der Waals surface area contributed by atoms with Gasteiger partial charge in [-0.3, -0.25) is 10.1 Å². The summed E-state index contributed by atoms with van der Waals surface area (Å²) in [5.74, 6) is -0.194. The Hall–Kier alpha value is -2.01. The molecule has 17 heavy (non-hydrogen) atoms. The second-order valence-electron chi connectivity index (χ2n) is 3.53. The molecule has 0 fully saturated rings. The van der Waals surface area contributed by atoms with Gasteiger partial charge < -0.3 is 0 Å². The number of carbonyl (C=O) groups is 1. The number of nitrogens with one attached hydrogen (secondary N) is 1. The molecule has 0 aliphatic carbocycles. The maximum atomic E-state index is 12.0. The first kappa shape index (κ1) is 11.5. The summed E-state index contributed by atoms with van der Waals surface area (Å²) in [6.45, 7) is 5.73. The summed E-state index contributed by atoms with van der Waals surface area (Å²) in [6, 6.07) is 7.34. The monoisotopic (exact) mass is 245 g/mol. The van der Waals surface area contributed by atoms with Crippen LogP contribution in [0, 0.1) is 0 Å². The number of carbonyl (C=O) groups excluding carboxylic acids is 1. The van der Waals surface area contributed by atoms with Gasteiger partial charge in [0.05, 0.1) is 0 Å². The summed E-state index contributed by atoms with van der Waals surface area (Å²) in [4.78, 5) is 15.9. The fourth-order valence-corrected chi connectivity index (χ4v) is 1.87. The molecule has 0 aliphatic heterocycles. The van der Waals surface area contributed by atoms with Crippen molar-refractivity contribution in [2.45, 2.75) is 6.92 Å².